The van der Waals surface area contributed by atoms with Crippen molar-refractivity contribution in [1.29, 1.82) is 0 Å². The second-order valence-corrected chi connectivity index (χ2v) is 17.1. The summed E-state index contributed by atoms with van der Waals surface area (Å²) in [6.07, 6.45) is 10.3. The SMILES string of the molecule is CCCCn1c(=O)c2c(C(O)c3ccc(Cl)cc3)c(Oc3cncc(C)c3)cnc2n(C)c1=O.Cc1cncc(Oc2cnc3c(c2Cc2ccc(Cl)cc2)c(=O)n(CCCOC=O)c(=O)n3C)c1.O=CO.[Zn]. The van der Waals surface area contributed by atoms with Gasteiger partial charge < -0.3 is 24.4 Å². The molecule has 6 aromatic heterocycles. The van der Waals surface area contributed by atoms with Crippen LogP contribution in [-0.2, 0) is 67.4 Å². The fourth-order valence-electron chi connectivity index (χ4n) is 7.67. The van der Waals surface area contributed by atoms with E-state index in [2.05, 4.69) is 19.9 Å². The Morgan fingerprint density at radius 3 is 1.68 bits per heavy atom. The summed E-state index contributed by atoms with van der Waals surface area (Å²) in [6.45, 7) is 6.29. The standard InChI is InChI=1S/C25H23ClN4O5.C25H25ClN4O4.CH2O2.Zn/c1-16-10-19(13-27-12-16)35-21-14-28-23-22(20(21)11-17-4-6-18(26)7-5-17)24(32)30(25(33)29(23)2)8-3-9-34-15-31;1-4-5-10-30-24(32)21-20(22(31)16-6-8-17(26)9-7-16)19(14-28-23(21)29(3)25(30)33)34-18-11-15(2)12-27-13-18;2-1-3;/h4-7,10,12-15H,3,8-9,11H2,1-2H3;6-9,11-14,22,31H,4-5,10H2,1-3H3;1H,(H,2,3);. The third kappa shape index (κ3) is 13.6. The van der Waals surface area contributed by atoms with Crippen molar-refractivity contribution in [1.82, 2.24) is 38.2 Å². The van der Waals surface area contributed by atoms with Gasteiger partial charge in [0.1, 0.15) is 34.6 Å². The first-order valence-electron chi connectivity index (χ1n) is 22.4. The van der Waals surface area contributed by atoms with Gasteiger partial charge in [-0.15, -0.1) is 0 Å². The van der Waals surface area contributed by atoms with Gasteiger partial charge in [0, 0.05) is 86.6 Å². The van der Waals surface area contributed by atoms with Crippen molar-refractivity contribution in [3.05, 3.63) is 183 Å². The normalized spacial score (nSPS) is 11.1. The minimum absolute atomic E-state index is 0. The molecule has 1 unspecified atom stereocenters. The number of carbonyl (C=O) groups excluding carboxylic acids is 1. The molecule has 376 valence electrons. The molecule has 6 heterocycles. The molecule has 0 aliphatic heterocycles. The molecule has 0 spiro atoms. The Morgan fingerprint density at radius 2 is 1.16 bits per heavy atom. The fourth-order valence-corrected chi connectivity index (χ4v) is 7.92. The molecule has 2 aromatic carbocycles. The van der Waals surface area contributed by atoms with Crippen LogP contribution in [-0.4, -0.2) is 68.0 Å². The topological polar surface area (TPSA) is 242 Å². The monoisotopic (exact) mass is 1080 g/mol. The zero-order valence-corrected chi connectivity index (χ0v) is 45.0. The van der Waals surface area contributed by atoms with Crippen molar-refractivity contribution in [2.45, 2.75) is 65.6 Å². The van der Waals surface area contributed by atoms with Crippen molar-refractivity contribution in [3.8, 4) is 23.0 Å². The predicted molar refractivity (Wildman–Crippen MR) is 271 cm³/mol. The maximum absolute atomic E-state index is 13.6. The van der Waals surface area contributed by atoms with Gasteiger partial charge in [-0.3, -0.25) is 47.4 Å². The molecule has 0 saturated carbocycles. The summed E-state index contributed by atoms with van der Waals surface area (Å²) in [5, 5.41) is 19.8. The van der Waals surface area contributed by atoms with Crippen LogP contribution in [0.5, 0.6) is 23.0 Å². The van der Waals surface area contributed by atoms with E-state index in [1.165, 1.54) is 32.3 Å². The summed E-state index contributed by atoms with van der Waals surface area (Å²) < 4.78 is 21.9. The van der Waals surface area contributed by atoms with Crippen LogP contribution in [0.15, 0.2) is 117 Å². The van der Waals surface area contributed by atoms with E-state index in [0.29, 0.717) is 64.2 Å². The van der Waals surface area contributed by atoms with Crippen LogP contribution < -0.4 is 32.0 Å². The van der Waals surface area contributed by atoms with Gasteiger partial charge in [-0.05, 0) is 85.3 Å². The number of ether oxygens (including phenoxy) is 3. The Bertz CT molecular complexity index is 3480. The molecule has 8 aromatic rings. The van der Waals surface area contributed by atoms with E-state index in [1.807, 2.05) is 39.0 Å². The van der Waals surface area contributed by atoms with Gasteiger partial charge in [-0.1, -0.05) is 60.8 Å². The first-order valence-corrected chi connectivity index (χ1v) is 23.1. The Kier molecular flexibility index (Phi) is 20.4. The number of rotatable bonds is 16. The Balaban J connectivity index is 0.000000254. The summed E-state index contributed by atoms with van der Waals surface area (Å²) >= 11 is 12.1. The van der Waals surface area contributed by atoms with Crippen LogP contribution in [0.1, 0.15) is 65.7 Å². The summed E-state index contributed by atoms with van der Waals surface area (Å²) in [5.41, 5.74) is 2.46. The number of carboxylic acid groups (broad SMARTS) is 1. The fraction of sp³-hybridized carbons (Fsp3) is 0.255. The number of aliphatic hydroxyl groups excluding tert-OH is 1. The maximum Gasteiger partial charge on any atom is 0.332 e. The van der Waals surface area contributed by atoms with Crippen molar-refractivity contribution in [2.24, 2.45) is 14.1 Å². The molecular weight excluding hydrogens is 1040 g/mol. The molecule has 8 rings (SSSR count). The summed E-state index contributed by atoms with van der Waals surface area (Å²) in [4.78, 5) is 88.8. The van der Waals surface area contributed by atoms with E-state index in [9.17, 15) is 29.1 Å². The van der Waals surface area contributed by atoms with Gasteiger partial charge in [-0.2, -0.15) is 0 Å². The third-order valence-electron chi connectivity index (χ3n) is 11.1. The third-order valence-corrected chi connectivity index (χ3v) is 11.6. The van der Waals surface area contributed by atoms with Crippen LogP contribution >= 0.6 is 23.2 Å². The predicted octanol–water partition coefficient (Wildman–Crippen LogP) is 7.22. The van der Waals surface area contributed by atoms with Gasteiger partial charge in [0.2, 0.25) is 0 Å². The van der Waals surface area contributed by atoms with E-state index in [-0.39, 0.29) is 79.0 Å². The van der Waals surface area contributed by atoms with Crippen molar-refractivity contribution in [3.63, 3.8) is 0 Å². The number of hydrogen-bond donors (Lipinski definition) is 2. The number of benzene rings is 2. The number of halogens is 2. The minimum Gasteiger partial charge on any atom is -0.483 e. The Labute approximate surface area is 440 Å². The number of fused-ring (bicyclic) bond motifs is 2. The average Bonchev–Trinajstić information content (AvgIpc) is 3.36. The number of unbranched alkanes of at least 4 members (excludes halogenated alkanes) is 1. The number of aromatic nitrogens is 8. The van der Waals surface area contributed by atoms with Crippen molar-refractivity contribution in [2.75, 3.05) is 6.61 Å². The van der Waals surface area contributed by atoms with Crippen molar-refractivity contribution < 1.29 is 53.5 Å². The average molecular weight is 1090 g/mol. The quantitative estimate of drug-likeness (QED) is 0.0551. The zero-order valence-electron chi connectivity index (χ0n) is 40.5. The second-order valence-electron chi connectivity index (χ2n) is 16.3. The molecule has 73 heavy (non-hydrogen) atoms. The summed E-state index contributed by atoms with van der Waals surface area (Å²) in [6, 6.07) is 17.6. The first kappa shape index (κ1) is 56.5. The summed E-state index contributed by atoms with van der Waals surface area (Å²) in [7, 11) is 3.12. The number of pyridine rings is 4. The molecule has 0 aliphatic rings. The molecular formula is C51H50Cl2N8O11Zn. The van der Waals surface area contributed by atoms with E-state index in [1.54, 1.807) is 75.2 Å². The number of nitrogens with zero attached hydrogens (tertiary/aromatic N) is 8. The molecule has 0 saturated heterocycles. The zero-order chi connectivity index (χ0) is 52.1. The molecule has 0 fully saturated rings. The Hall–Kier alpha value is -7.38. The molecule has 2 N–H and O–H groups in total. The van der Waals surface area contributed by atoms with Gasteiger partial charge in [0.15, 0.2) is 5.75 Å². The van der Waals surface area contributed by atoms with Gasteiger partial charge in [0.05, 0.1) is 42.2 Å². The van der Waals surface area contributed by atoms with Crippen molar-refractivity contribution >= 4 is 58.2 Å². The minimum atomic E-state index is -1.24. The molecule has 1 atom stereocenters. The van der Waals surface area contributed by atoms with Crippen LogP contribution in [0.3, 0.4) is 0 Å². The molecule has 19 nitrogen and oxygen atoms in total. The molecule has 0 bridgehead atoms. The number of aliphatic hydroxyl groups is 1. The van der Waals surface area contributed by atoms with Crippen LogP contribution in [0.4, 0.5) is 0 Å². The summed E-state index contributed by atoms with van der Waals surface area (Å²) in [5.74, 6) is 1.51. The molecule has 0 aliphatic carbocycles. The van der Waals surface area contributed by atoms with E-state index >= 15 is 0 Å². The Morgan fingerprint density at radius 1 is 0.685 bits per heavy atom. The van der Waals surface area contributed by atoms with E-state index in [4.69, 9.17) is 47.3 Å². The smallest absolute Gasteiger partial charge is 0.332 e. The molecule has 0 radical (unpaired) electrons. The second kappa shape index (κ2) is 26.4. The largest absolute Gasteiger partial charge is 0.483 e. The van der Waals surface area contributed by atoms with Gasteiger partial charge in [-0.25, -0.2) is 19.6 Å². The van der Waals surface area contributed by atoms with E-state index in [0.717, 1.165) is 27.7 Å². The van der Waals surface area contributed by atoms with Gasteiger partial charge >= 0.3 is 11.4 Å². The maximum atomic E-state index is 13.6. The number of carbonyl (C=O) groups is 2. The van der Waals surface area contributed by atoms with E-state index < -0.39 is 28.6 Å². The number of aryl methyl sites for hydroxylation is 4. The van der Waals surface area contributed by atoms with Crippen LogP contribution in [0.25, 0.3) is 22.1 Å². The van der Waals surface area contributed by atoms with Crippen LogP contribution in [0.2, 0.25) is 10.0 Å². The number of hydrogen-bond acceptors (Lipinski definition) is 14. The molecule has 0 amide bonds. The van der Waals surface area contributed by atoms with Crippen LogP contribution in [0, 0.1) is 13.8 Å². The first-order chi connectivity index (χ1) is 34.6. The van der Waals surface area contributed by atoms with Gasteiger partial charge in [0.25, 0.3) is 24.1 Å². The molecule has 22 heteroatoms.